The van der Waals surface area contributed by atoms with Gasteiger partial charge in [-0.1, -0.05) is 29.8 Å². The average Bonchev–Trinajstić information content (AvgIpc) is 3.42. The molecule has 0 bridgehead atoms. The third-order valence-corrected chi connectivity index (χ3v) is 5.62. The molecule has 0 unspecified atom stereocenters. The van der Waals surface area contributed by atoms with E-state index in [0.717, 1.165) is 16.9 Å². The van der Waals surface area contributed by atoms with Crippen LogP contribution in [0.1, 0.15) is 27.3 Å². The Bertz CT molecular complexity index is 1230. The van der Waals surface area contributed by atoms with Crippen molar-refractivity contribution in [1.29, 1.82) is 0 Å². The number of para-hydroxylation sites is 1. The Morgan fingerprint density at radius 2 is 1.90 bits per heavy atom. The molecule has 2 aromatic carbocycles. The van der Waals surface area contributed by atoms with Crippen LogP contribution in [-0.2, 0) is 13.2 Å². The van der Waals surface area contributed by atoms with E-state index in [1.807, 2.05) is 36.5 Å². The minimum absolute atomic E-state index is 0.135. The van der Waals surface area contributed by atoms with Crippen LogP contribution in [0.2, 0.25) is 5.02 Å². The van der Waals surface area contributed by atoms with Crippen LogP contribution in [0.3, 0.4) is 0 Å². The normalized spacial score (nSPS) is 11.0. The SMILES string of the molecule is Cc1cccn1Cc1ccccc1N(C)C(=O)c1ccc(-n2ccc(CO)n2)cc1Cl. The summed E-state index contributed by atoms with van der Waals surface area (Å²) in [6.45, 7) is 2.59. The highest BCUT2D eigenvalue weighted by atomic mass is 35.5. The number of nitrogens with zero attached hydrogens (tertiary/aromatic N) is 4. The second-order valence-corrected chi connectivity index (χ2v) is 7.75. The van der Waals surface area contributed by atoms with Crippen LogP contribution >= 0.6 is 11.6 Å². The molecule has 4 aromatic rings. The van der Waals surface area contributed by atoms with E-state index in [2.05, 4.69) is 22.7 Å². The van der Waals surface area contributed by atoms with Gasteiger partial charge in [0.05, 0.1) is 28.6 Å². The molecule has 0 aliphatic heterocycles. The first kappa shape index (κ1) is 20.9. The Hall–Kier alpha value is -3.35. The fraction of sp³-hybridized carbons (Fsp3) is 0.167. The number of aliphatic hydroxyl groups excluding tert-OH is 1. The Morgan fingerprint density at radius 3 is 2.58 bits per heavy atom. The monoisotopic (exact) mass is 434 g/mol. The van der Waals surface area contributed by atoms with E-state index in [4.69, 9.17) is 11.6 Å². The lowest BCUT2D eigenvalue weighted by Gasteiger charge is -2.22. The summed E-state index contributed by atoms with van der Waals surface area (Å²) in [5.74, 6) is -0.190. The second kappa shape index (κ2) is 8.79. The van der Waals surface area contributed by atoms with E-state index in [9.17, 15) is 9.90 Å². The summed E-state index contributed by atoms with van der Waals surface area (Å²) < 4.78 is 3.76. The van der Waals surface area contributed by atoms with Gasteiger partial charge in [-0.2, -0.15) is 5.10 Å². The number of aliphatic hydroxyl groups is 1. The van der Waals surface area contributed by atoms with Gasteiger partial charge in [0.25, 0.3) is 5.91 Å². The standard InChI is InChI=1S/C24H23ClN4O2/c1-17-6-5-12-28(17)15-18-7-3-4-8-23(18)27(2)24(31)21-10-9-20(14-22(21)25)29-13-11-19(16-30)26-29/h3-14,30H,15-16H2,1-2H3. The topological polar surface area (TPSA) is 63.3 Å². The number of amides is 1. The number of aryl methyl sites for hydroxylation is 1. The van der Waals surface area contributed by atoms with Crippen molar-refractivity contribution in [3.05, 3.63) is 101 Å². The molecule has 7 heteroatoms. The van der Waals surface area contributed by atoms with Crippen LogP contribution in [0.5, 0.6) is 0 Å². The Kier molecular flexibility index (Phi) is 5.93. The van der Waals surface area contributed by atoms with Crippen LogP contribution in [-0.4, -0.2) is 32.4 Å². The molecule has 6 nitrogen and oxygen atoms in total. The molecule has 0 saturated heterocycles. The first-order valence-corrected chi connectivity index (χ1v) is 10.3. The number of carbonyl (C=O) groups excluding carboxylic acids is 1. The van der Waals surface area contributed by atoms with E-state index >= 15 is 0 Å². The lowest BCUT2D eigenvalue weighted by molar-refractivity contribution is 0.0993. The van der Waals surface area contributed by atoms with Crippen molar-refractivity contribution in [2.24, 2.45) is 0 Å². The van der Waals surface area contributed by atoms with Crippen molar-refractivity contribution in [3.8, 4) is 5.69 Å². The first-order valence-electron chi connectivity index (χ1n) is 9.91. The van der Waals surface area contributed by atoms with Crippen molar-refractivity contribution in [3.63, 3.8) is 0 Å². The van der Waals surface area contributed by atoms with Gasteiger partial charge >= 0.3 is 0 Å². The molecule has 0 fully saturated rings. The molecule has 0 saturated carbocycles. The molecule has 31 heavy (non-hydrogen) atoms. The van der Waals surface area contributed by atoms with E-state index in [0.29, 0.717) is 28.5 Å². The smallest absolute Gasteiger partial charge is 0.259 e. The molecule has 0 radical (unpaired) electrons. The molecule has 2 heterocycles. The van der Waals surface area contributed by atoms with Crippen LogP contribution in [0.25, 0.3) is 5.69 Å². The number of aromatic nitrogens is 3. The number of carbonyl (C=O) groups is 1. The second-order valence-electron chi connectivity index (χ2n) is 7.34. The third-order valence-electron chi connectivity index (χ3n) is 5.31. The first-order chi connectivity index (χ1) is 15.0. The van der Waals surface area contributed by atoms with Crippen molar-refractivity contribution in [2.75, 3.05) is 11.9 Å². The molecule has 0 aliphatic rings. The quantitative estimate of drug-likeness (QED) is 0.487. The van der Waals surface area contributed by atoms with Crippen LogP contribution < -0.4 is 4.90 Å². The summed E-state index contributed by atoms with van der Waals surface area (Å²) in [6.07, 6.45) is 3.77. The van der Waals surface area contributed by atoms with E-state index in [-0.39, 0.29) is 12.5 Å². The maximum Gasteiger partial charge on any atom is 0.259 e. The van der Waals surface area contributed by atoms with Gasteiger partial charge in [0.15, 0.2) is 0 Å². The summed E-state index contributed by atoms with van der Waals surface area (Å²) in [6, 6.07) is 18.9. The number of hydrogen-bond donors (Lipinski definition) is 1. The zero-order chi connectivity index (χ0) is 22.0. The third kappa shape index (κ3) is 4.26. The van der Waals surface area contributed by atoms with Gasteiger partial charge in [-0.3, -0.25) is 4.79 Å². The van der Waals surface area contributed by atoms with Crippen molar-refractivity contribution >= 4 is 23.2 Å². The molecule has 0 atom stereocenters. The van der Waals surface area contributed by atoms with Gasteiger partial charge in [0.2, 0.25) is 0 Å². The molecule has 2 aromatic heterocycles. The maximum atomic E-state index is 13.3. The molecule has 0 aliphatic carbocycles. The molecule has 4 rings (SSSR count). The van der Waals surface area contributed by atoms with E-state index in [1.54, 1.807) is 47.1 Å². The molecule has 1 amide bonds. The molecule has 0 spiro atoms. The predicted octanol–water partition coefficient (Wildman–Crippen LogP) is 4.45. The largest absolute Gasteiger partial charge is 0.390 e. The van der Waals surface area contributed by atoms with Gasteiger partial charge in [-0.15, -0.1) is 0 Å². The minimum Gasteiger partial charge on any atom is -0.390 e. The summed E-state index contributed by atoms with van der Waals surface area (Å²) in [5, 5.41) is 13.8. The number of hydrogen-bond acceptors (Lipinski definition) is 3. The zero-order valence-electron chi connectivity index (χ0n) is 17.4. The van der Waals surface area contributed by atoms with Gasteiger partial charge < -0.3 is 14.6 Å². The molecule has 158 valence electrons. The zero-order valence-corrected chi connectivity index (χ0v) is 18.1. The van der Waals surface area contributed by atoms with Crippen molar-refractivity contribution in [2.45, 2.75) is 20.1 Å². The Balaban J connectivity index is 1.61. The molecular formula is C24H23ClN4O2. The summed E-state index contributed by atoms with van der Waals surface area (Å²) in [5.41, 5.74) is 4.72. The van der Waals surface area contributed by atoms with Crippen LogP contribution in [0.4, 0.5) is 5.69 Å². The van der Waals surface area contributed by atoms with Crippen LogP contribution in [0.15, 0.2) is 73.1 Å². The fourth-order valence-electron chi connectivity index (χ4n) is 3.53. The highest BCUT2D eigenvalue weighted by Gasteiger charge is 2.19. The molecular weight excluding hydrogens is 412 g/mol. The predicted molar refractivity (Wildman–Crippen MR) is 122 cm³/mol. The van der Waals surface area contributed by atoms with Gasteiger partial charge in [0.1, 0.15) is 0 Å². The van der Waals surface area contributed by atoms with Crippen LogP contribution in [0, 0.1) is 6.92 Å². The van der Waals surface area contributed by atoms with Crippen molar-refractivity contribution < 1.29 is 9.90 Å². The van der Waals surface area contributed by atoms with E-state index in [1.165, 1.54) is 0 Å². The maximum absolute atomic E-state index is 13.3. The van der Waals surface area contributed by atoms with Gasteiger partial charge in [-0.05, 0) is 55.0 Å². The lowest BCUT2D eigenvalue weighted by Crippen LogP contribution is -2.28. The molecule has 1 N–H and O–H groups in total. The number of rotatable bonds is 6. The van der Waals surface area contributed by atoms with Crippen molar-refractivity contribution in [1.82, 2.24) is 14.3 Å². The van der Waals surface area contributed by atoms with Gasteiger partial charge in [-0.25, -0.2) is 4.68 Å². The highest BCUT2D eigenvalue weighted by molar-refractivity contribution is 6.34. The fourth-order valence-corrected chi connectivity index (χ4v) is 3.79. The highest BCUT2D eigenvalue weighted by Crippen LogP contribution is 2.26. The number of halogens is 1. The summed E-state index contributed by atoms with van der Waals surface area (Å²) >= 11 is 6.48. The number of benzene rings is 2. The van der Waals surface area contributed by atoms with Gasteiger partial charge in [0, 0.05) is 37.4 Å². The Morgan fingerprint density at radius 1 is 1.10 bits per heavy atom. The summed E-state index contributed by atoms with van der Waals surface area (Å²) in [7, 11) is 1.76. The van der Waals surface area contributed by atoms with E-state index < -0.39 is 0 Å². The summed E-state index contributed by atoms with van der Waals surface area (Å²) in [4.78, 5) is 14.9. The lowest BCUT2D eigenvalue weighted by atomic mass is 10.1. The minimum atomic E-state index is -0.190. The number of anilines is 1. The Labute approximate surface area is 185 Å². The average molecular weight is 435 g/mol.